The van der Waals surface area contributed by atoms with E-state index < -0.39 is 17.3 Å². The summed E-state index contributed by atoms with van der Waals surface area (Å²) in [5, 5.41) is 12.4. The van der Waals surface area contributed by atoms with Gasteiger partial charge in [0, 0.05) is 12.2 Å². The highest BCUT2D eigenvalue weighted by molar-refractivity contribution is 7.15. The molecule has 4 aromatic rings. The SMILES string of the molecule is CCn1c(=O)nc(Nc2ccc(Oc3nc(C)c(C(=O)O)s3)cc2)n(Cc2ccc(C)cc2)c1=O. The Bertz CT molecular complexity index is 1490. The lowest BCUT2D eigenvalue weighted by atomic mass is 10.1. The fourth-order valence-corrected chi connectivity index (χ4v) is 4.14. The molecule has 0 radical (unpaired) electrons. The fourth-order valence-electron chi connectivity index (χ4n) is 3.36. The number of aromatic carboxylic acids is 1. The standard InChI is InChI=1S/C24H23N5O5S/c1-4-28-22(32)27-21(29(24(28)33)13-16-7-5-14(2)6-8-16)26-17-9-11-18(12-10-17)34-23-25-15(3)19(35-23)20(30)31/h5-12H,4,13H2,1-3H3,(H,30,31)(H,26,27,32). The van der Waals surface area contributed by atoms with Gasteiger partial charge in [-0.2, -0.15) is 4.98 Å². The topological polar surface area (TPSA) is 128 Å². The Morgan fingerprint density at radius 3 is 2.31 bits per heavy atom. The average Bonchev–Trinajstić information content (AvgIpc) is 3.19. The molecule has 0 aliphatic heterocycles. The molecular weight excluding hydrogens is 470 g/mol. The maximum Gasteiger partial charge on any atom is 0.354 e. The van der Waals surface area contributed by atoms with Crippen molar-refractivity contribution in [3.63, 3.8) is 0 Å². The molecule has 11 heteroatoms. The van der Waals surface area contributed by atoms with Crippen molar-refractivity contribution in [1.29, 1.82) is 0 Å². The molecule has 2 N–H and O–H groups in total. The summed E-state index contributed by atoms with van der Waals surface area (Å²) in [5.41, 5.74) is 1.88. The van der Waals surface area contributed by atoms with E-state index in [-0.39, 0.29) is 29.1 Å². The van der Waals surface area contributed by atoms with E-state index in [4.69, 9.17) is 4.74 Å². The van der Waals surface area contributed by atoms with E-state index in [1.807, 2.05) is 31.2 Å². The highest BCUT2D eigenvalue weighted by atomic mass is 32.1. The summed E-state index contributed by atoms with van der Waals surface area (Å²) in [7, 11) is 0. The lowest BCUT2D eigenvalue weighted by Gasteiger charge is -2.15. The maximum absolute atomic E-state index is 13.0. The normalized spacial score (nSPS) is 10.8. The molecule has 180 valence electrons. The smallest absolute Gasteiger partial charge is 0.354 e. The summed E-state index contributed by atoms with van der Waals surface area (Å²) >= 11 is 0.946. The molecule has 0 fully saturated rings. The predicted octanol–water partition coefficient (Wildman–Crippen LogP) is 3.78. The summed E-state index contributed by atoms with van der Waals surface area (Å²) in [4.78, 5) is 45.0. The van der Waals surface area contributed by atoms with Crippen LogP contribution in [0.3, 0.4) is 0 Å². The Hall–Kier alpha value is -4.25. The van der Waals surface area contributed by atoms with Crippen LogP contribution in [-0.2, 0) is 13.1 Å². The van der Waals surface area contributed by atoms with Crippen LogP contribution in [-0.4, -0.2) is 30.2 Å². The minimum atomic E-state index is -1.05. The molecule has 2 heterocycles. The Kier molecular flexibility index (Phi) is 6.78. The van der Waals surface area contributed by atoms with Gasteiger partial charge >= 0.3 is 17.3 Å². The first-order valence-electron chi connectivity index (χ1n) is 10.8. The van der Waals surface area contributed by atoms with E-state index in [0.29, 0.717) is 17.1 Å². The zero-order chi connectivity index (χ0) is 25.1. The van der Waals surface area contributed by atoms with E-state index in [2.05, 4.69) is 15.3 Å². The van der Waals surface area contributed by atoms with Crippen molar-refractivity contribution in [3.05, 3.63) is 91.2 Å². The third-order valence-electron chi connectivity index (χ3n) is 5.21. The molecule has 0 atom stereocenters. The van der Waals surface area contributed by atoms with Crippen LogP contribution in [0.25, 0.3) is 0 Å². The summed E-state index contributed by atoms with van der Waals surface area (Å²) < 4.78 is 8.17. The van der Waals surface area contributed by atoms with Gasteiger partial charge in [-0.05, 0) is 50.6 Å². The van der Waals surface area contributed by atoms with Gasteiger partial charge in [-0.1, -0.05) is 41.2 Å². The number of hydrogen-bond donors (Lipinski definition) is 2. The van der Waals surface area contributed by atoms with Crippen molar-refractivity contribution < 1.29 is 14.6 Å². The molecule has 0 aliphatic carbocycles. The van der Waals surface area contributed by atoms with Gasteiger partial charge < -0.3 is 15.2 Å². The predicted molar refractivity (Wildman–Crippen MR) is 132 cm³/mol. The quantitative estimate of drug-likeness (QED) is 0.380. The molecular formula is C24H23N5O5S. The van der Waals surface area contributed by atoms with Crippen LogP contribution in [0.5, 0.6) is 10.9 Å². The molecule has 0 unspecified atom stereocenters. The highest BCUT2D eigenvalue weighted by Gasteiger charge is 2.16. The highest BCUT2D eigenvalue weighted by Crippen LogP contribution is 2.30. The van der Waals surface area contributed by atoms with Gasteiger partial charge in [0.15, 0.2) is 0 Å². The molecule has 4 rings (SSSR count). The molecule has 0 bridgehead atoms. The molecule has 0 saturated carbocycles. The third-order valence-corrected chi connectivity index (χ3v) is 6.24. The van der Waals surface area contributed by atoms with Crippen LogP contribution in [0, 0.1) is 13.8 Å². The number of aromatic nitrogens is 4. The summed E-state index contributed by atoms with van der Waals surface area (Å²) in [6, 6.07) is 14.5. The minimum absolute atomic E-state index is 0.123. The van der Waals surface area contributed by atoms with Gasteiger partial charge in [0.2, 0.25) is 5.95 Å². The monoisotopic (exact) mass is 493 g/mol. The van der Waals surface area contributed by atoms with Crippen LogP contribution >= 0.6 is 11.3 Å². The molecule has 0 spiro atoms. The second-order valence-corrected chi connectivity index (χ2v) is 8.73. The zero-order valence-corrected chi connectivity index (χ0v) is 20.1. The average molecular weight is 494 g/mol. The number of ether oxygens (including phenoxy) is 1. The van der Waals surface area contributed by atoms with Crippen LogP contribution in [0.4, 0.5) is 11.6 Å². The number of thiazole rings is 1. The largest absolute Gasteiger partial charge is 0.477 e. The van der Waals surface area contributed by atoms with E-state index >= 15 is 0 Å². The van der Waals surface area contributed by atoms with Crippen LogP contribution in [0.15, 0.2) is 58.1 Å². The zero-order valence-electron chi connectivity index (χ0n) is 19.3. The number of carboxylic acid groups (broad SMARTS) is 1. The molecule has 0 amide bonds. The maximum atomic E-state index is 13.0. The lowest BCUT2D eigenvalue weighted by Crippen LogP contribution is -2.42. The number of hydrogen-bond acceptors (Lipinski definition) is 8. The van der Waals surface area contributed by atoms with E-state index in [0.717, 1.165) is 27.0 Å². The number of carbonyl (C=O) groups is 1. The van der Waals surface area contributed by atoms with Crippen molar-refractivity contribution in [2.45, 2.75) is 33.9 Å². The van der Waals surface area contributed by atoms with Gasteiger partial charge in [0.25, 0.3) is 5.19 Å². The first kappa shape index (κ1) is 23.9. The summed E-state index contributed by atoms with van der Waals surface area (Å²) in [5.74, 6) is -0.475. The Morgan fingerprint density at radius 1 is 1.03 bits per heavy atom. The fraction of sp³-hybridized carbons (Fsp3) is 0.208. The number of rotatable bonds is 8. The van der Waals surface area contributed by atoms with Gasteiger partial charge in [0.1, 0.15) is 10.6 Å². The second-order valence-electron chi connectivity index (χ2n) is 7.77. The molecule has 10 nitrogen and oxygen atoms in total. The van der Waals surface area contributed by atoms with Gasteiger partial charge in [-0.3, -0.25) is 4.57 Å². The van der Waals surface area contributed by atoms with Gasteiger partial charge in [0.05, 0.1) is 12.2 Å². The van der Waals surface area contributed by atoms with Crippen molar-refractivity contribution in [3.8, 4) is 10.9 Å². The van der Waals surface area contributed by atoms with E-state index in [1.165, 1.54) is 4.57 Å². The first-order valence-corrected chi connectivity index (χ1v) is 11.6. The summed E-state index contributed by atoms with van der Waals surface area (Å²) in [6.45, 7) is 5.76. The number of nitrogens with one attached hydrogen (secondary N) is 1. The Balaban J connectivity index is 1.60. The van der Waals surface area contributed by atoms with Crippen LogP contribution in [0.2, 0.25) is 0 Å². The molecule has 35 heavy (non-hydrogen) atoms. The van der Waals surface area contributed by atoms with E-state index in [9.17, 15) is 19.5 Å². The van der Waals surface area contributed by atoms with Crippen LogP contribution in [0.1, 0.15) is 33.4 Å². The molecule has 2 aromatic carbocycles. The van der Waals surface area contributed by atoms with Crippen molar-refractivity contribution >= 4 is 28.9 Å². The second kappa shape index (κ2) is 9.94. The summed E-state index contributed by atoms with van der Waals surface area (Å²) in [6.07, 6.45) is 0. The molecule has 0 saturated heterocycles. The van der Waals surface area contributed by atoms with Crippen molar-refractivity contribution in [2.24, 2.45) is 0 Å². The Labute approximate surface area is 204 Å². The van der Waals surface area contributed by atoms with Crippen LogP contribution < -0.4 is 21.4 Å². The van der Waals surface area contributed by atoms with Crippen molar-refractivity contribution in [2.75, 3.05) is 5.32 Å². The Morgan fingerprint density at radius 2 is 1.71 bits per heavy atom. The van der Waals surface area contributed by atoms with Gasteiger partial charge in [-0.25, -0.2) is 23.9 Å². The number of nitrogens with zero attached hydrogens (tertiary/aromatic N) is 4. The number of anilines is 2. The lowest BCUT2D eigenvalue weighted by molar-refractivity contribution is 0.0701. The van der Waals surface area contributed by atoms with Gasteiger partial charge in [-0.15, -0.1) is 0 Å². The third kappa shape index (κ3) is 5.30. The number of carboxylic acids is 1. The minimum Gasteiger partial charge on any atom is -0.477 e. The molecule has 0 aliphatic rings. The first-order chi connectivity index (χ1) is 16.7. The number of aryl methyl sites for hydroxylation is 2. The molecule has 2 aromatic heterocycles. The number of benzene rings is 2. The van der Waals surface area contributed by atoms with Crippen molar-refractivity contribution in [1.82, 2.24) is 19.1 Å². The van der Waals surface area contributed by atoms with E-state index in [1.54, 1.807) is 38.1 Å².